The Bertz CT molecular complexity index is 221. The minimum absolute atomic E-state index is 0.0346. The van der Waals surface area contributed by atoms with E-state index in [9.17, 15) is 9.59 Å². The molecule has 0 bridgehead atoms. The van der Waals surface area contributed by atoms with E-state index in [2.05, 4.69) is 4.74 Å². The maximum absolute atomic E-state index is 11.0. The Labute approximate surface area is 87.0 Å². The topological polar surface area (TPSA) is 136 Å². The Morgan fingerprint density at radius 2 is 1.80 bits per heavy atom. The lowest BCUT2D eigenvalue weighted by Gasteiger charge is -2.11. The molecule has 0 aromatic heterocycles. The first kappa shape index (κ1) is 13.8. The summed E-state index contributed by atoms with van der Waals surface area (Å²) in [5.41, 5.74) is 10.5. The van der Waals surface area contributed by atoms with Crippen molar-refractivity contribution in [3.8, 4) is 0 Å². The number of aliphatic hydroxyl groups is 1. The SMILES string of the molecule is NC(CCOC(=O)[C@@H](N)CCO)C(=O)O. The first-order valence-electron chi connectivity index (χ1n) is 4.50. The number of esters is 1. The first-order chi connectivity index (χ1) is 6.99. The molecule has 0 amide bonds. The molecule has 7 heteroatoms. The normalized spacial score (nSPS) is 14.3. The van der Waals surface area contributed by atoms with Gasteiger partial charge in [-0.05, 0) is 6.42 Å². The van der Waals surface area contributed by atoms with Crippen molar-refractivity contribution in [3.05, 3.63) is 0 Å². The van der Waals surface area contributed by atoms with Crippen molar-refractivity contribution in [2.75, 3.05) is 13.2 Å². The number of hydrogen-bond donors (Lipinski definition) is 4. The van der Waals surface area contributed by atoms with E-state index in [1.807, 2.05) is 0 Å². The highest BCUT2D eigenvalue weighted by Crippen LogP contribution is 1.95. The van der Waals surface area contributed by atoms with Gasteiger partial charge in [0.05, 0.1) is 6.61 Å². The molecule has 0 aliphatic rings. The molecule has 2 atom stereocenters. The highest BCUT2D eigenvalue weighted by Gasteiger charge is 2.16. The van der Waals surface area contributed by atoms with Gasteiger partial charge in [0.25, 0.3) is 0 Å². The highest BCUT2D eigenvalue weighted by atomic mass is 16.5. The van der Waals surface area contributed by atoms with E-state index in [1.165, 1.54) is 0 Å². The molecule has 0 heterocycles. The molecular formula is C8H16N2O5. The number of nitrogens with two attached hydrogens (primary N) is 2. The van der Waals surface area contributed by atoms with E-state index in [0.717, 1.165) is 0 Å². The summed E-state index contributed by atoms with van der Waals surface area (Å²) in [7, 11) is 0. The Hall–Kier alpha value is -1.18. The zero-order valence-electron chi connectivity index (χ0n) is 8.26. The summed E-state index contributed by atoms with van der Waals surface area (Å²) in [5.74, 6) is -1.81. The molecule has 1 unspecified atom stereocenters. The summed E-state index contributed by atoms with van der Waals surface area (Å²) in [6, 6.07) is -1.93. The lowest BCUT2D eigenvalue weighted by molar-refractivity contribution is -0.147. The van der Waals surface area contributed by atoms with Gasteiger partial charge in [-0.2, -0.15) is 0 Å². The fraction of sp³-hybridized carbons (Fsp3) is 0.750. The smallest absolute Gasteiger partial charge is 0.322 e. The predicted molar refractivity (Wildman–Crippen MR) is 50.9 cm³/mol. The second kappa shape index (κ2) is 7.16. The number of ether oxygens (including phenoxy) is 1. The number of carbonyl (C=O) groups excluding carboxylic acids is 1. The molecule has 0 aromatic rings. The third kappa shape index (κ3) is 6.00. The van der Waals surface area contributed by atoms with Gasteiger partial charge in [0, 0.05) is 13.0 Å². The van der Waals surface area contributed by atoms with E-state index in [-0.39, 0.29) is 26.1 Å². The van der Waals surface area contributed by atoms with Crippen LogP contribution in [-0.4, -0.2) is 47.4 Å². The van der Waals surface area contributed by atoms with Gasteiger partial charge in [0.15, 0.2) is 0 Å². The lowest BCUT2D eigenvalue weighted by atomic mass is 10.2. The van der Waals surface area contributed by atoms with Crippen LogP contribution in [0.25, 0.3) is 0 Å². The van der Waals surface area contributed by atoms with Gasteiger partial charge in [-0.15, -0.1) is 0 Å². The van der Waals surface area contributed by atoms with Crippen LogP contribution in [0.3, 0.4) is 0 Å². The van der Waals surface area contributed by atoms with Crippen LogP contribution in [0.2, 0.25) is 0 Å². The number of carboxylic acid groups (broad SMARTS) is 1. The summed E-state index contributed by atoms with van der Waals surface area (Å²) in [4.78, 5) is 21.3. The van der Waals surface area contributed by atoms with Gasteiger partial charge in [-0.25, -0.2) is 0 Å². The van der Waals surface area contributed by atoms with Crippen molar-refractivity contribution in [2.45, 2.75) is 24.9 Å². The Morgan fingerprint density at radius 1 is 1.20 bits per heavy atom. The summed E-state index contributed by atoms with van der Waals surface area (Å²) in [5, 5.41) is 16.9. The Balaban J connectivity index is 3.67. The highest BCUT2D eigenvalue weighted by molar-refractivity contribution is 5.75. The van der Waals surface area contributed by atoms with Crippen molar-refractivity contribution < 1.29 is 24.5 Å². The number of carbonyl (C=O) groups is 2. The molecule has 0 fully saturated rings. The Morgan fingerprint density at radius 3 is 2.27 bits per heavy atom. The van der Waals surface area contributed by atoms with Crippen LogP contribution >= 0.6 is 0 Å². The van der Waals surface area contributed by atoms with E-state index in [0.29, 0.717) is 0 Å². The standard InChI is InChI=1S/C8H16N2O5/c9-5(7(12)13)2-4-15-8(14)6(10)1-3-11/h5-6,11H,1-4,9-10H2,(H,12,13)/t5?,6-/m0/s1. The van der Waals surface area contributed by atoms with Crippen molar-refractivity contribution in [1.82, 2.24) is 0 Å². The van der Waals surface area contributed by atoms with Crippen LogP contribution in [-0.2, 0) is 14.3 Å². The van der Waals surface area contributed by atoms with E-state index in [4.69, 9.17) is 21.7 Å². The van der Waals surface area contributed by atoms with Crippen molar-refractivity contribution in [1.29, 1.82) is 0 Å². The van der Waals surface area contributed by atoms with Crippen LogP contribution in [0.1, 0.15) is 12.8 Å². The lowest BCUT2D eigenvalue weighted by Crippen LogP contribution is -2.35. The fourth-order valence-electron chi connectivity index (χ4n) is 0.774. The van der Waals surface area contributed by atoms with Gasteiger partial charge < -0.3 is 26.4 Å². The molecule has 15 heavy (non-hydrogen) atoms. The van der Waals surface area contributed by atoms with E-state index < -0.39 is 24.0 Å². The number of carboxylic acids is 1. The van der Waals surface area contributed by atoms with Crippen molar-refractivity contribution >= 4 is 11.9 Å². The Kier molecular flexibility index (Phi) is 6.59. The molecule has 0 saturated heterocycles. The summed E-state index contributed by atoms with van der Waals surface area (Å²) >= 11 is 0. The van der Waals surface area contributed by atoms with Crippen molar-refractivity contribution in [2.24, 2.45) is 11.5 Å². The monoisotopic (exact) mass is 220 g/mol. The van der Waals surface area contributed by atoms with E-state index in [1.54, 1.807) is 0 Å². The second-order valence-corrected chi connectivity index (χ2v) is 3.02. The maximum Gasteiger partial charge on any atom is 0.322 e. The van der Waals surface area contributed by atoms with Gasteiger partial charge in [0.1, 0.15) is 12.1 Å². The molecule has 0 rings (SSSR count). The predicted octanol–water partition coefficient (Wildman–Crippen LogP) is -1.96. The van der Waals surface area contributed by atoms with Gasteiger partial charge >= 0.3 is 11.9 Å². The number of aliphatic hydroxyl groups excluding tert-OH is 1. The quantitative estimate of drug-likeness (QED) is 0.366. The zero-order valence-corrected chi connectivity index (χ0v) is 8.26. The summed E-state index contributed by atoms with van der Waals surface area (Å²) in [6.07, 6.45) is 0.150. The largest absolute Gasteiger partial charge is 0.480 e. The summed E-state index contributed by atoms with van der Waals surface area (Å²) < 4.78 is 4.66. The number of aliphatic carboxylic acids is 1. The fourth-order valence-corrected chi connectivity index (χ4v) is 0.774. The number of rotatable bonds is 7. The molecule has 0 aliphatic heterocycles. The van der Waals surface area contributed by atoms with Gasteiger partial charge in [-0.3, -0.25) is 9.59 Å². The number of hydrogen-bond acceptors (Lipinski definition) is 6. The summed E-state index contributed by atoms with van der Waals surface area (Å²) in [6.45, 7) is -0.295. The molecule has 0 aromatic carbocycles. The van der Waals surface area contributed by atoms with Crippen LogP contribution in [0, 0.1) is 0 Å². The van der Waals surface area contributed by atoms with Crippen molar-refractivity contribution in [3.63, 3.8) is 0 Å². The second-order valence-electron chi connectivity index (χ2n) is 3.02. The average molecular weight is 220 g/mol. The molecule has 0 radical (unpaired) electrons. The molecule has 7 nitrogen and oxygen atoms in total. The minimum Gasteiger partial charge on any atom is -0.480 e. The molecule has 88 valence electrons. The van der Waals surface area contributed by atoms with Crippen LogP contribution in [0.15, 0.2) is 0 Å². The van der Waals surface area contributed by atoms with Gasteiger partial charge in [0.2, 0.25) is 0 Å². The molecule has 0 aliphatic carbocycles. The first-order valence-corrected chi connectivity index (χ1v) is 4.50. The molecule has 0 saturated carbocycles. The van der Waals surface area contributed by atoms with Crippen LogP contribution < -0.4 is 11.5 Å². The maximum atomic E-state index is 11.0. The van der Waals surface area contributed by atoms with Gasteiger partial charge in [-0.1, -0.05) is 0 Å². The molecular weight excluding hydrogens is 204 g/mol. The third-order valence-corrected chi connectivity index (χ3v) is 1.73. The third-order valence-electron chi connectivity index (χ3n) is 1.73. The van der Waals surface area contributed by atoms with Crippen LogP contribution in [0.4, 0.5) is 0 Å². The zero-order chi connectivity index (χ0) is 11.8. The average Bonchev–Trinajstić information content (AvgIpc) is 2.17. The minimum atomic E-state index is -1.15. The molecule has 6 N–H and O–H groups in total. The van der Waals surface area contributed by atoms with E-state index >= 15 is 0 Å². The van der Waals surface area contributed by atoms with Crippen LogP contribution in [0.5, 0.6) is 0 Å². The molecule has 0 spiro atoms.